The van der Waals surface area contributed by atoms with Crippen molar-refractivity contribution in [1.82, 2.24) is 9.47 Å². The van der Waals surface area contributed by atoms with E-state index in [-0.39, 0.29) is 18.6 Å². The highest BCUT2D eigenvalue weighted by atomic mass is 16.5. The molecule has 0 radical (unpaired) electrons. The summed E-state index contributed by atoms with van der Waals surface area (Å²) in [4.78, 5) is 14.1. The molecule has 0 saturated carbocycles. The number of aliphatic hydroxyl groups excluding tert-OH is 1. The van der Waals surface area contributed by atoms with Gasteiger partial charge in [0.2, 0.25) is 0 Å². The molecule has 1 amide bonds. The summed E-state index contributed by atoms with van der Waals surface area (Å²) in [6.07, 6.45) is 1.75. The minimum Gasteiger partial charge on any atom is -0.397 e. The number of amides is 1. The monoisotopic (exact) mass is 253 g/mol. The molecule has 1 aliphatic rings. The zero-order valence-corrected chi connectivity index (χ0v) is 10.5. The van der Waals surface area contributed by atoms with Gasteiger partial charge in [0.1, 0.15) is 5.69 Å². The highest BCUT2D eigenvalue weighted by molar-refractivity contribution is 5.94. The van der Waals surface area contributed by atoms with E-state index >= 15 is 0 Å². The first-order valence-electron chi connectivity index (χ1n) is 6.12. The molecule has 6 nitrogen and oxygen atoms in total. The molecular weight excluding hydrogens is 234 g/mol. The van der Waals surface area contributed by atoms with Crippen molar-refractivity contribution in [3.63, 3.8) is 0 Å². The van der Waals surface area contributed by atoms with Gasteiger partial charge in [-0.05, 0) is 13.0 Å². The fourth-order valence-electron chi connectivity index (χ4n) is 2.19. The molecular formula is C12H19N3O3. The Balaban J connectivity index is 2.23. The van der Waals surface area contributed by atoms with Gasteiger partial charge in [-0.2, -0.15) is 0 Å². The number of rotatable bonds is 3. The van der Waals surface area contributed by atoms with E-state index in [2.05, 4.69) is 0 Å². The third-order valence-electron chi connectivity index (χ3n) is 3.18. The van der Waals surface area contributed by atoms with Crippen LogP contribution in [0.3, 0.4) is 0 Å². The third-order valence-corrected chi connectivity index (χ3v) is 3.18. The molecule has 2 rings (SSSR count). The van der Waals surface area contributed by atoms with Crippen LogP contribution in [0, 0.1) is 0 Å². The first-order chi connectivity index (χ1) is 8.67. The molecule has 6 heteroatoms. The fraction of sp³-hybridized carbons (Fsp3) is 0.583. The third kappa shape index (κ3) is 2.34. The van der Waals surface area contributed by atoms with E-state index in [1.54, 1.807) is 17.2 Å². The van der Waals surface area contributed by atoms with Gasteiger partial charge in [0.05, 0.1) is 31.5 Å². The molecule has 0 spiro atoms. The van der Waals surface area contributed by atoms with E-state index in [1.165, 1.54) is 0 Å². The highest BCUT2D eigenvalue weighted by Gasteiger charge is 2.29. The number of carbonyl (C=O) groups excluding carboxylic acids is 1. The summed E-state index contributed by atoms with van der Waals surface area (Å²) in [5.74, 6) is -0.101. The Hall–Kier alpha value is -1.53. The topological polar surface area (TPSA) is 80.7 Å². The Morgan fingerprint density at radius 2 is 2.44 bits per heavy atom. The van der Waals surface area contributed by atoms with E-state index in [4.69, 9.17) is 10.5 Å². The summed E-state index contributed by atoms with van der Waals surface area (Å²) >= 11 is 0. The van der Waals surface area contributed by atoms with Crippen LogP contribution in [0.4, 0.5) is 5.69 Å². The predicted octanol–water partition coefficient (Wildman–Crippen LogP) is -0.0765. The van der Waals surface area contributed by atoms with Gasteiger partial charge in [-0.15, -0.1) is 0 Å². The molecule has 2 heterocycles. The van der Waals surface area contributed by atoms with Crippen LogP contribution in [0.25, 0.3) is 0 Å². The summed E-state index contributed by atoms with van der Waals surface area (Å²) in [6.45, 7) is 3.94. The predicted molar refractivity (Wildman–Crippen MR) is 67.2 cm³/mol. The number of hydrogen-bond donors (Lipinski definition) is 2. The Labute approximate surface area is 106 Å². The van der Waals surface area contributed by atoms with Crippen LogP contribution in [0.15, 0.2) is 12.3 Å². The summed E-state index contributed by atoms with van der Waals surface area (Å²) < 4.78 is 7.09. The van der Waals surface area contributed by atoms with Gasteiger partial charge < -0.3 is 25.0 Å². The number of ether oxygens (including phenoxy) is 1. The van der Waals surface area contributed by atoms with E-state index in [1.807, 2.05) is 11.5 Å². The quantitative estimate of drug-likeness (QED) is 0.789. The van der Waals surface area contributed by atoms with Gasteiger partial charge in [0.25, 0.3) is 5.91 Å². The number of nitrogen functional groups attached to an aromatic ring is 1. The lowest BCUT2D eigenvalue weighted by Crippen LogP contribution is -2.50. The summed E-state index contributed by atoms with van der Waals surface area (Å²) in [5.41, 5.74) is 6.87. The van der Waals surface area contributed by atoms with Crippen LogP contribution in [0.2, 0.25) is 0 Å². The van der Waals surface area contributed by atoms with Crippen LogP contribution in [-0.2, 0) is 11.3 Å². The second-order valence-corrected chi connectivity index (χ2v) is 4.35. The van der Waals surface area contributed by atoms with Gasteiger partial charge in [-0.3, -0.25) is 4.79 Å². The number of nitrogens with zero attached hydrogens (tertiary/aromatic N) is 2. The van der Waals surface area contributed by atoms with Crippen molar-refractivity contribution in [1.29, 1.82) is 0 Å². The van der Waals surface area contributed by atoms with Crippen LogP contribution < -0.4 is 5.73 Å². The molecule has 1 fully saturated rings. The largest absolute Gasteiger partial charge is 0.397 e. The summed E-state index contributed by atoms with van der Waals surface area (Å²) in [5, 5.41) is 9.28. The lowest BCUT2D eigenvalue weighted by atomic mass is 10.2. The second kappa shape index (κ2) is 5.41. The Morgan fingerprint density at radius 1 is 1.67 bits per heavy atom. The lowest BCUT2D eigenvalue weighted by molar-refractivity contribution is -0.0188. The van der Waals surface area contributed by atoms with E-state index in [9.17, 15) is 9.90 Å². The average molecular weight is 253 g/mol. The van der Waals surface area contributed by atoms with Crippen molar-refractivity contribution < 1.29 is 14.6 Å². The number of carbonyl (C=O) groups is 1. The first-order valence-corrected chi connectivity index (χ1v) is 6.12. The van der Waals surface area contributed by atoms with Crippen molar-refractivity contribution in [3.8, 4) is 0 Å². The van der Waals surface area contributed by atoms with Crippen molar-refractivity contribution >= 4 is 11.6 Å². The van der Waals surface area contributed by atoms with Gasteiger partial charge in [-0.1, -0.05) is 0 Å². The number of aromatic nitrogens is 1. The Bertz CT molecular complexity index is 430. The van der Waals surface area contributed by atoms with E-state index in [0.29, 0.717) is 37.7 Å². The SMILES string of the molecule is CCn1cc(N)cc1C(=O)N1CCOCC1CO. The smallest absolute Gasteiger partial charge is 0.271 e. The number of anilines is 1. The van der Waals surface area contributed by atoms with Gasteiger partial charge in [-0.25, -0.2) is 0 Å². The lowest BCUT2D eigenvalue weighted by Gasteiger charge is -2.34. The maximum atomic E-state index is 12.4. The maximum Gasteiger partial charge on any atom is 0.271 e. The standard InChI is InChI=1S/C12H19N3O3/c1-2-14-6-9(13)5-11(14)12(17)15-3-4-18-8-10(15)7-16/h5-6,10,16H,2-4,7-8,13H2,1H3. The molecule has 3 N–H and O–H groups in total. The first kappa shape index (κ1) is 12.9. The van der Waals surface area contributed by atoms with Crippen molar-refractivity contribution in [2.45, 2.75) is 19.5 Å². The highest BCUT2D eigenvalue weighted by Crippen LogP contribution is 2.16. The molecule has 1 aromatic heterocycles. The molecule has 1 aromatic rings. The number of aliphatic hydroxyl groups is 1. The maximum absolute atomic E-state index is 12.4. The van der Waals surface area contributed by atoms with E-state index < -0.39 is 0 Å². The molecule has 0 bridgehead atoms. The molecule has 1 saturated heterocycles. The molecule has 18 heavy (non-hydrogen) atoms. The zero-order chi connectivity index (χ0) is 13.1. The van der Waals surface area contributed by atoms with Gasteiger partial charge >= 0.3 is 0 Å². The summed E-state index contributed by atoms with van der Waals surface area (Å²) in [7, 11) is 0. The van der Waals surface area contributed by atoms with Crippen molar-refractivity contribution in [2.75, 3.05) is 32.1 Å². The molecule has 1 aliphatic heterocycles. The van der Waals surface area contributed by atoms with Crippen LogP contribution in [-0.4, -0.2) is 52.9 Å². The van der Waals surface area contributed by atoms with Gasteiger partial charge in [0, 0.05) is 19.3 Å². The average Bonchev–Trinajstić information content (AvgIpc) is 2.79. The molecule has 1 unspecified atom stereocenters. The minimum absolute atomic E-state index is 0.0892. The van der Waals surface area contributed by atoms with Crippen LogP contribution in [0.5, 0.6) is 0 Å². The molecule has 100 valence electrons. The molecule has 0 aliphatic carbocycles. The molecule has 1 atom stereocenters. The summed E-state index contributed by atoms with van der Waals surface area (Å²) in [6, 6.07) is 1.41. The fourth-order valence-corrected chi connectivity index (χ4v) is 2.19. The number of aryl methyl sites for hydroxylation is 1. The number of nitrogens with two attached hydrogens (primary N) is 1. The minimum atomic E-state index is -0.271. The Morgan fingerprint density at radius 3 is 3.11 bits per heavy atom. The second-order valence-electron chi connectivity index (χ2n) is 4.35. The van der Waals surface area contributed by atoms with Crippen molar-refractivity contribution in [3.05, 3.63) is 18.0 Å². The van der Waals surface area contributed by atoms with Crippen LogP contribution in [0.1, 0.15) is 17.4 Å². The molecule has 0 aromatic carbocycles. The van der Waals surface area contributed by atoms with Gasteiger partial charge in [0.15, 0.2) is 0 Å². The van der Waals surface area contributed by atoms with Crippen molar-refractivity contribution in [2.24, 2.45) is 0 Å². The Kier molecular flexibility index (Phi) is 3.88. The normalized spacial score (nSPS) is 20.1. The van der Waals surface area contributed by atoms with E-state index in [0.717, 1.165) is 0 Å². The number of morpholine rings is 1. The zero-order valence-electron chi connectivity index (χ0n) is 10.5. The number of hydrogen-bond acceptors (Lipinski definition) is 4. The van der Waals surface area contributed by atoms with Crippen LogP contribution >= 0.6 is 0 Å².